The van der Waals surface area contributed by atoms with E-state index in [2.05, 4.69) is 35.0 Å². The first-order chi connectivity index (χ1) is 10.2. The van der Waals surface area contributed by atoms with E-state index in [-0.39, 0.29) is 5.82 Å². The second-order valence-corrected chi connectivity index (χ2v) is 5.45. The zero-order valence-corrected chi connectivity index (χ0v) is 12.1. The predicted molar refractivity (Wildman–Crippen MR) is 84.9 cm³/mol. The van der Waals surface area contributed by atoms with Gasteiger partial charge in [-0.3, -0.25) is 0 Å². The molecule has 0 fully saturated rings. The highest BCUT2D eigenvalue weighted by Crippen LogP contribution is 2.20. The van der Waals surface area contributed by atoms with Gasteiger partial charge < -0.3 is 10.3 Å². The molecule has 3 aromatic rings. The molecule has 0 aliphatic heterocycles. The molecule has 21 heavy (non-hydrogen) atoms. The lowest BCUT2D eigenvalue weighted by Crippen LogP contribution is -2.03. The van der Waals surface area contributed by atoms with Crippen molar-refractivity contribution in [2.45, 2.75) is 19.9 Å². The van der Waals surface area contributed by atoms with Crippen molar-refractivity contribution in [2.75, 3.05) is 6.54 Å². The fourth-order valence-corrected chi connectivity index (χ4v) is 2.73. The van der Waals surface area contributed by atoms with Gasteiger partial charge in [0.15, 0.2) is 0 Å². The van der Waals surface area contributed by atoms with Crippen LogP contribution in [0.1, 0.15) is 16.7 Å². The molecule has 0 saturated heterocycles. The topological polar surface area (TPSA) is 30.9 Å². The minimum Gasteiger partial charge on any atom is -0.343 e. The highest BCUT2D eigenvalue weighted by molar-refractivity contribution is 5.81. The van der Waals surface area contributed by atoms with Crippen LogP contribution < -0.4 is 5.73 Å². The van der Waals surface area contributed by atoms with Gasteiger partial charge in [-0.2, -0.15) is 0 Å². The van der Waals surface area contributed by atoms with Crippen molar-refractivity contribution in [3.8, 4) is 0 Å². The molecule has 0 unspecified atom stereocenters. The number of halogens is 1. The Morgan fingerprint density at radius 1 is 1.10 bits per heavy atom. The number of aryl methyl sites for hydroxylation is 1. The van der Waals surface area contributed by atoms with E-state index in [1.807, 2.05) is 13.0 Å². The van der Waals surface area contributed by atoms with E-state index in [4.69, 9.17) is 5.73 Å². The summed E-state index contributed by atoms with van der Waals surface area (Å²) >= 11 is 0. The van der Waals surface area contributed by atoms with Crippen LogP contribution >= 0.6 is 0 Å². The van der Waals surface area contributed by atoms with Gasteiger partial charge in [0.1, 0.15) is 5.82 Å². The van der Waals surface area contributed by atoms with Crippen LogP contribution in [0.2, 0.25) is 0 Å². The van der Waals surface area contributed by atoms with Crippen LogP contribution in [0.3, 0.4) is 0 Å². The lowest BCUT2D eigenvalue weighted by atomic mass is 10.1. The molecule has 1 heterocycles. The van der Waals surface area contributed by atoms with E-state index < -0.39 is 0 Å². The van der Waals surface area contributed by atoms with Gasteiger partial charge in [-0.15, -0.1) is 0 Å². The Balaban J connectivity index is 1.94. The first-order valence-electron chi connectivity index (χ1n) is 7.20. The van der Waals surface area contributed by atoms with Crippen LogP contribution in [0.4, 0.5) is 4.39 Å². The summed E-state index contributed by atoms with van der Waals surface area (Å²) in [5.74, 6) is -0.181. The van der Waals surface area contributed by atoms with Crippen molar-refractivity contribution in [3.05, 3.63) is 71.2 Å². The van der Waals surface area contributed by atoms with Gasteiger partial charge >= 0.3 is 0 Å². The molecule has 0 aliphatic rings. The van der Waals surface area contributed by atoms with Crippen molar-refractivity contribution >= 4 is 10.9 Å². The zero-order valence-electron chi connectivity index (χ0n) is 12.1. The standard InChI is InChI=1S/C18H19FN2/c1-13-10-17(19)4-3-16(13)12-21-9-7-15-11-14(6-8-20)2-5-18(15)21/h2-5,7,9-11H,6,8,12,20H2,1H3. The van der Waals surface area contributed by atoms with Gasteiger partial charge in [-0.1, -0.05) is 12.1 Å². The average Bonchev–Trinajstić information content (AvgIpc) is 2.85. The summed E-state index contributed by atoms with van der Waals surface area (Å²) in [6.45, 7) is 3.37. The van der Waals surface area contributed by atoms with Gasteiger partial charge in [-0.05, 0) is 72.3 Å². The highest BCUT2D eigenvalue weighted by Gasteiger charge is 2.05. The summed E-state index contributed by atoms with van der Waals surface area (Å²) in [7, 11) is 0. The molecular formula is C18H19FN2. The molecule has 2 N–H and O–H groups in total. The first kappa shape index (κ1) is 13.8. The Kier molecular flexibility index (Phi) is 3.76. The Hall–Kier alpha value is -2.13. The molecule has 0 saturated carbocycles. The minimum atomic E-state index is -0.181. The highest BCUT2D eigenvalue weighted by atomic mass is 19.1. The lowest BCUT2D eigenvalue weighted by molar-refractivity contribution is 0.625. The molecular weight excluding hydrogens is 263 g/mol. The smallest absolute Gasteiger partial charge is 0.123 e. The number of hydrogen-bond donors (Lipinski definition) is 1. The quantitative estimate of drug-likeness (QED) is 0.778. The molecule has 1 aromatic heterocycles. The zero-order chi connectivity index (χ0) is 14.8. The molecule has 3 rings (SSSR count). The van der Waals surface area contributed by atoms with Crippen molar-refractivity contribution in [3.63, 3.8) is 0 Å². The van der Waals surface area contributed by atoms with Gasteiger partial charge in [0.25, 0.3) is 0 Å². The van der Waals surface area contributed by atoms with Crippen molar-refractivity contribution in [2.24, 2.45) is 5.73 Å². The van der Waals surface area contributed by atoms with Crippen molar-refractivity contribution in [1.29, 1.82) is 0 Å². The number of fused-ring (bicyclic) bond motifs is 1. The monoisotopic (exact) mass is 282 g/mol. The molecule has 0 atom stereocenters. The number of benzene rings is 2. The maximum atomic E-state index is 13.2. The third-order valence-electron chi connectivity index (χ3n) is 3.91. The Morgan fingerprint density at radius 3 is 2.71 bits per heavy atom. The van der Waals surface area contributed by atoms with E-state index in [0.717, 1.165) is 24.1 Å². The average molecular weight is 282 g/mol. The summed E-state index contributed by atoms with van der Waals surface area (Å²) in [4.78, 5) is 0. The van der Waals surface area contributed by atoms with E-state index in [1.165, 1.54) is 22.5 Å². The molecule has 0 spiro atoms. The summed E-state index contributed by atoms with van der Waals surface area (Å²) in [5.41, 5.74) is 10.2. The van der Waals surface area contributed by atoms with Crippen LogP contribution in [-0.4, -0.2) is 11.1 Å². The summed E-state index contributed by atoms with van der Waals surface area (Å²) < 4.78 is 15.4. The molecule has 2 aromatic carbocycles. The normalized spacial score (nSPS) is 11.2. The number of aromatic nitrogens is 1. The Bertz CT molecular complexity index is 774. The molecule has 0 aliphatic carbocycles. The first-order valence-corrected chi connectivity index (χ1v) is 7.20. The van der Waals surface area contributed by atoms with Gasteiger partial charge in [0.05, 0.1) is 0 Å². The van der Waals surface area contributed by atoms with Gasteiger partial charge in [0, 0.05) is 18.3 Å². The van der Waals surface area contributed by atoms with E-state index in [1.54, 1.807) is 6.07 Å². The molecule has 0 bridgehead atoms. The molecule has 0 radical (unpaired) electrons. The van der Waals surface area contributed by atoms with Crippen molar-refractivity contribution < 1.29 is 4.39 Å². The fraction of sp³-hybridized carbons (Fsp3) is 0.222. The third kappa shape index (κ3) is 2.83. The number of nitrogens with two attached hydrogens (primary N) is 1. The lowest BCUT2D eigenvalue weighted by Gasteiger charge is -2.09. The van der Waals surface area contributed by atoms with E-state index >= 15 is 0 Å². The van der Waals surface area contributed by atoms with Crippen LogP contribution in [-0.2, 0) is 13.0 Å². The van der Waals surface area contributed by atoms with E-state index in [9.17, 15) is 4.39 Å². The number of nitrogens with zero attached hydrogens (tertiary/aromatic N) is 1. The van der Waals surface area contributed by atoms with Crippen LogP contribution in [0, 0.1) is 12.7 Å². The number of rotatable bonds is 4. The minimum absolute atomic E-state index is 0.181. The summed E-state index contributed by atoms with van der Waals surface area (Å²) in [5, 5.41) is 1.22. The maximum absolute atomic E-state index is 13.2. The van der Waals surface area contributed by atoms with Crippen LogP contribution in [0.15, 0.2) is 48.7 Å². The van der Waals surface area contributed by atoms with Gasteiger partial charge in [0.2, 0.25) is 0 Å². The van der Waals surface area contributed by atoms with E-state index in [0.29, 0.717) is 6.54 Å². The van der Waals surface area contributed by atoms with Crippen molar-refractivity contribution in [1.82, 2.24) is 4.57 Å². The molecule has 0 amide bonds. The van der Waals surface area contributed by atoms with Crippen LogP contribution in [0.5, 0.6) is 0 Å². The molecule has 108 valence electrons. The Morgan fingerprint density at radius 2 is 1.95 bits per heavy atom. The van der Waals surface area contributed by atoms with Gasteiger partial charge in [-0.25, -0.2) is 4.39 Å². The number of hydrogen-bond acceptors (Lipinski definition) is 1. The molecule has 3 heteroatoms. The van der Waals surface area contributed by atoms with Crippen LogP contribution in [0.25, 0.3) is 10.9 Å². The second kappa shape index (κ2) is 5.70. The summed E-state index contributed by atoms with van der Waals surface area (Å²) in [6.07, 6.45) is 2.98. The second-order valence-electron chi connectivity index (χ2n) is 5.45. The largest absolute Gasteiger partial charge is 0.343 e. The Labute approximate surface area is 124 Å². The fourth-order valence-electron chi connectivity index (χ4n) is 2.73. The predicted octanol–water partition coefficient (Wildman–Crippen LogP) is 3.64. The summed E-state index contributed by atoms with van der Waals surface area (Å²) in [6, 6.07) is 13.5. The SMILES string of the molecule is Cc1cc(F)ccc1Cn1ccc2cc(CCN)ccc21. The molecule has 2 nitrogen and oxygen atoms in total. The third-order valence-corrected chi connectivity index (χ3v) is 3.91. The maximum Gasteiger partial charge on any atom is 0.123 e.